The number of rotatable bonds is 4. The maximum absolute atomic E-state index is 13.0. The molecule has 0 bridgehead atoms. The molecule has 1 fully saturated rings. The minimum atomic E-state index is -4.79. The standard InChI is InChI=1S/C22H12ClF3N2O4S/c23-13-3-5-14(6-4-13)28-20(30)17(19(29)27-21(28)33)11-16-9-10-18(31-16)12-1-7-15(8-2-12)32-22(24,25)26/h1-11H,(H,27,29,33)/b17-11+. The van der Waals surface area contributed by atoms with E-state index in [9.17, 15) is 22.8 Å². The van der Waals surface area contributed by atoms with Gasteiger partial charge in [0, 0.05) is 10.6 Å². The lowest BCUT2D eigenvalue weighted by Gasteiger charge is -2.28. The van der Waals surface area contributed by atoms with E-state index in [1.54, 1.807) is 30.3 Å². The number of ether oxygens (including phenoxy) is 1. The Kier molecular flexibility index (Phi) is 5.96. The van der Waals surface area contributed by atoms with Crippen molar-refractivity contribution < 1.29 is 31.9 Å². The summed E-state index contributed by atoms with van der Waals surface area (Å²) in [5.41, 5.74) is 0.674. The molecule has 2 heterocycles. The van der Waals surface area contributed by atoms with Gasteiger partial charge >= 0.3 is 6.36 Å². The number of nitrogens with one attached hydrogen (secondary N) is 1. The third-order valence-electron chi connectivity index (χ3n) is 4.47. The molecule has 0 saturated carbocycles. The smallest absolute Gasteiger partial charge is 0.457 e. The van der Waals surface area contributed by atoms with Gasteiger partial charge in [-0.1, -0.05) is 11.6 Å². The van der Waals surface area contributed by atoms with Crippen molar-refractivity contribution in [3.63, 3.8) is 0 Å². The van der Waals surface area contributed by atoms with Crippen molar-refractivity contribution in [3.8, 4) is 17.1 Å². The van der Waals surface area contributed by atoms with E-state index in [1.165, 1.54) is 24.3 Å². The third kappa shape index (κ3) is 5.07. The number of nitrogens with zero attached hydrogens (tertiary/aromatic N) is 1. The molecule has 1 aromatic heterocycles. The van der Waals surface area contributed by atoms with Gasteiger partial charge in [-0.3, -0.25) is 19.8 Å². The van der Waals surface area contributed by atoms with Gasteiger partial charge in [-0.15, -0.1) is 13.2 Å². The van der Waals surface area contributed by atoms with Crippen LogP contribution in [-0.2, 0) is 9.59 Å². The summed E-state index contributed by atoms with van der Waals surface area (Å²) >= 11 is 11.0. The zero-order valence-corrected chi connectivity index (χ0v) is 17.9. The Morgan fingerprint density at radius 2 is 1.67 bits per heavy atom. The van der Waals surface area contributed by atoms with Crippen LogP contribution in [0.3, 0.4) is 0 Å². The Morgan fingerprint density at radius 3 is 2.30 bits per heavy atom. The van der Waals surface area contributed by atoms with Crippen LogP contribution < -0.4 is 15.0 Å². The van der Waals surface area contributed by atoms with Gasteiger partial charge in [0.2, 0.25) is 0 Å². The lowest BCUT2D eigenvalue weighted by atomic mass is 10.1. The molecule has 0 unspecified atom stereocenters. The van der Waals surface area contributed by atoms with Crippen molar-refractivity contribution in [2.75, 3.05) is 4.90 Å². The molecule has 1 aliphatic rings. The minimum absolute atomic E-state index is 0.0780. The number of carbonyl (C=O) groups excluding carboxylic acids is 2. The Labute approximate surface area is 195 Å². The Balaban J connectivity index is 1.58. The van der Waals surface area contributed by atoms with Gasteiger partial charge in [-0.05, 0) is 79.0 Å². The molecule has 3 aromatic rings. The molecule has 1 aliphatic heterocycles. The van der Waals surface area contributed by atoms with Crippen LogP contribution in [0.15, 0.2) is 70.7 Å². The Bertz CT molecular complexity index is 1270. The number of thiocarbonyl (C=S) groups is 1. The second kappa shape index (κ2) is 8.72. The number of carbonyl (C=O) groups is 2. The average Bonchev–Trinajstić information content (AvgIpc) is 3.20. The van der Waals surface area contributed by atoms with E-state index >= 15 is 0 Å². The molecule has 1 saturated heterocycles. The van der Waals surface area contributed by atoms with Crippen molar-refractivity contribution in [2.45, 2.75) is 6.36 Å². The van der Waals surface area contributed by atoms with Gasteiger partial charge in [0.15, 0.2) is 5.11 Å². The molecular weight excluding hydrogens is 481 g/mol. The fourth-order valence-corrected chi connectivity index (χ4v) is 3.44. The van der Waals surface area contributed by atoms with E-state index < -0.39 is 18.2 Å². The number of halogens is 4. The van der Waals surface area contributed by atoms with Crippen LogP contribution in [0.1, 0.15) is 5.76 Å². The van der Waals surface area contributed by atoms with Gasteiger partial charge in [0.25, 0.3) is 11.8 Å². The van der Waals surface area contributed by atoms with Crippen molar-refractivity contribution in [3.05, 3.63) is 77.0 Å². The molecule has 0 aliphatic carbocycles. The SMILES string of the molecule is O=C1NC(=S)N(c2ccc(Cl)cc2)C(=O)/C1=C/c1ccc(-c2ccc(OC(F)(F)F)cc2)o1. The van der Waals surface area contributed by atoms with Crippen molar-refractivity contribution in [2.24, 2.45) is 0 Å². The highest BCUT2D eigenvalue weighted by atomic mass is 35.5. The molecule has 4 rings (SSSR count). The number of anilines is 1. The molecule has 6 nitrogen and oxygen atoms in total. The molecule has 0 atom stereocenters. The van der Waals surface area contributed by atoms with Gasteiger partial charge in [0.05, 0.1) is 5.69 Å². The van der Waals surface area contributed by atoms with Crippen LogP contribution in [-0.4, -0.2) is 23.3 Å². The fraction of sp³-hybridized carbons (Fsp3) is 0.0455. The second-order valence-corrected chi connectivity index (χ2v) is 7.53. The van der Waals surface area contributed by atoms with Gasteiger partial charge < -0.3 is 9.15 Å². The van der Waals surface area contributed by atoms with Crippen LogP contribution in [0.4, 0.5) is 18.9 Å². The summed E-state index contributed by atoms with van der Waals surface area (Å²) in [4.78, 5) is 26.5. The fourth-order valence-electron chi connectivity index (χ4n) is 3.03. The summed E-state index contributed by atoms with van der Waals surface area (Å²) in [5.74, 6) is -1.22. The average molecular weight is 493 g/mol. The zero-order valence-electron chi connectivity index (χ0n) is 16.4. The van der Waals surface area contributed by atoms with Gasteiger partial charge in [0.1, 0.15) is 22.8 Å². The quantitative estimate of drug-likeness (QED) is 0.303. The Hall–Kier alpha value is -3.63. The lowest BCUT2D eigenvalue weighted by Crippen LogP contribution is -2.54. The first kappa shape index (κ1) is 22.6. The van der Waals surface area contributed by atoms with E-state index in [-0.39, 0.29) is 22.2 Å². The minimum Gasteiger partial charge on any atom is -0.457 e. The van der Waals surface area contributed by atoms with Gasteiger partial charge in [-0.2, -0.15) is 0 Å². The van der Waals surface area contributed by atoms with E-state index in [0.717, 1.165) is 17.0 Å². The van der Waals surface area contributed by atoms with Crippen molar-refractivity contribution >= 4 is 52.5 Å². The monoisotopic (exact) mass is 492 g/mol. The first-order chi connectivity index (χ1) is 15.6. The van der Waals surface area contributed by atoms with E-state index in [0.29, 0.717) is 22.0 Å². The van der Waals surface area contributed by atoms with Crippen LogP contribution in [0.25, 0.3) is 17.4 Å². The molecule has 11 heteroatoms. The molecule has 33 heavy (non-hydrogen) atoms. The number of benzene rings is 2. The number of furan rings is 1. The van der Waals surface area contributed by atoms with Crippen LogP contribution >= 0.6 is 23.8 Å². The predicted molar refractivity (Wildman–Crippen MR) is 118 cm³/mol. The molecule has 0 spiro atoms. The second-order valence-electron chi connectivity index (χ2n) is 6.71. The van der Waals surface area contributed by atoms with Crippen molar-refractivity contribution in [1.29, 1.82) is 0 Å². The van der Waals surface area contributed by atoms with Crippen LogP contribution in [0.2, 0.25) is 5.02 Å². The largest absolute Gasteiger partial charge is 0.573 e. The summed E-state index contributed by atoms with van der Waals surface area (Å²) in [5, 5.41) is 2.85. The zero-order chi connectivity index (χ0) is 23.8. The van der Waals surface area contributed by atoms with E-state index in [2.05, 4.69) is 10.1 Å². The number of hydrogen-bond acceptors (Lipinski definition) is 5. The maximum atomic E-state index is 13.0. The first-order valence-corrected chi connectivity index (χ1v) is 10.0. The Morgan fingerprint density at radius 1 is 1.00 bits per heavy atom. The summed E-state index contributed by atoms with van der Waals surface area (Å²) in [7, 11) is 0. The maximum Gasteiger partial charge on any atom is 0.573 e. The highest BCUT2D eigenvalue weighted by Gasteiger charge is 2.35. The molecule has 0 radical (unpaired) electrons. The first-order valence-electron chi connectivity index (χ1n) is 9.24. The predicted octanol–water partition coefficient (Wildman–Crippen LogP) is 5.33. The molecule has 168 valence electrons. The van der Waals surface area contributed by atoms with E-state index in [4.69, 9.17) is 28.2 Å². The van der Waals surface area contributed by atoms with Crippen LogP contribution in [0, 0.1) is 0 Å². The van der Waals surface area contributed by atoms with Crippen molar-refractivity contribution in [1.82, 2.24) is 5.32 Å². The third-order valence-corrected chi connectivity index (χ3v) is 5.01. The summed E-state index contributed by atoms with van der Waals surface area (Å²) in [6.07, 6.45) is -3.53. The lowest BCUT2D eigenvalue weighted by molar-refractivity contribution is -0.274. The summed E-state index contributed by atoms with van der Waals surface area (Å²) in [6.45, 7) is 0. The van der Waals surface area contributed by atoms with Crippen LogP contribution in [0.5, 0.6) is 5.75 Å². The van der Waals surface area contributed by atoms with E-state index in [1.807, 2.05) is 0 Å². The molecule has 2 amide bonds. The summed E-state index contributed by atoms with van der Waals surface area (Å²) < 4.78 is 46.4. The summed E-state index contributed by atoms with van der Waals surface area (Å²) in [6, 6.07) is 14.5. The molecule has 2 aromatic carbocycles. The highest BCUT2D eigenvalue weighted by Crippen LogP contribution is 2.29. The number of amides is 2. The molecular formula is C22H12ClF3N2O4S. The normalized spacial score (nSPS) is 15.7. The number of alkyl halides is 3. The number of hydrogen-bond donors (Lipinski definition) is 1. The highest BCUT2D eigenvalue weighted by molar-refractivity contribution is 7.80. The molecule has 1 N–H and O–H groups in total. The van der Waals surface area contributed by atoms with Gasteiger partial charge in [-0.25, -0.2) is 0 Å². The topological polar surface area (TPSA) is 71.8 Å².